The van der Waals surface area contributed by atoms with Gasteiger partial charge in [0.1, 0.15) is 11.6 Å². The number of aromatic hydroxyl groups is 1. The van der Waals surface area contributed by atoms with Crippen LogP contribution in [0.5, 0.6) is 5.75 Å². The van der Waals surface area contributed by atoms with Crippen LogP contribution in [0.1, 0.15) is 52.7 Å². The maximum atomic E-state index is 10.7. The third-order valence-corrected chi connectivity index (χ3v) is 12.4. The molecule has 0 fully saturated rings. The van der Waals surface area contributed by atoms with E-state index in [1.54, 1.807) is 6.07 Å². The largest absolute Gasteiger partial charge is 0.507 e. The van der Waals surface area contributed by atoms with E-state index in [-0.39, 0.29) is 16.6 Å². The van der Waals surface area contributed by atoms with Crippen LogP contribution in [0.2, 0.25) is 0 Å². The van der Waals surface area contributed by atoms with E-state index in [9.17, 15) is 5.11 Å². The molecule has 7 aromatic carbocycles. The summed E-state index contributed by atoms with van der Waals surface area (Å²) in [4.78, 5) is 10.0. The van der Waals surface area contributed by atoms with Gasteiger partial charge in [-0.1, -0.05) is 151 Å². The van der Waals surface area contributed by atoms with E-state index in [0.29, 0.717) is 5.56 Å². The molecule has 304 valence electrons. The van der Waals surface area contributed by atoms with Crippen LogP contribution in [-0.4, -0.2) is 24.2 Å². The number of hydrogen-bond donors (Lipinski definition) is 1. The van der Waals surface area contributed by atoms with Crippen molar-refractivity contribution >= 4 is 32.8 Å². The summed E-state index contributed by atoms with van der Waals surface area (Å²) in [7, 11) is 2.00. The van der Waals surface area contributed by atoms with Crippen molar-refractivity contribution in [3.8, 4) is 67.5 Å². The zero-order valence-corrected chi connectivity index (χ0v) is 36.4. The molecule has 0 bridgehead atoms. The Morgan fingerprint density at radius 3 is 1.89 bits per heavy atom. The number of rotatable bonds is 6. The maximum absolute atomic E-state index is 10.7. The van der Waals surface area contributed by atoms with Crippen molar-refractivity contribution in [2.24, 2.45) is 7.05 Å². The highest BCUT2D eigenvalue weighted by molar-refractivity contribution is 6.14. The summed E-state index contributed by atoms with van der Waals surface area (Å²) in [5.41, 5.74) is 17.4. The molecule has 0 radical (unpaired) electrons. The number of phenols is 1. The smallest absolute Gasteiger partial charge is 0.144 e. The third-order valence-electron chi connectivity index (χ3n) is 12.4. The molecule has 3 aromatic heterocycles. The quantitative estimate of drug-likeness (QED) is 0.182. The lowest BCUT2D eigenvalue weighted by Crippen LogP contribution is -2.16. The Morgan fingerprint density at radius 2 is 1.10 bits per heavy atom. The standard InChI is InChI=1S/C57H50N4O/c1-56(2,3)41-31-40(32-42(35-41)57(4,5)6)36-16-13-19-43(33-36)61-50-25-10-8-20-46(50)47-24-14-23-45(54(47)61)38-28-29-58-49(34-38)39-18-12-17-37(30-39)44-22-15-26-51-53(44)59-55(60(51)7)48-21-9-11-27-52(48)62/h8-35,62H,1-7H3. The molecule has 0 aliphatic heterocycles. The molecule has 3 heterocycles. The van der Waals surface area contributed by atoms with Gasteiger partial charge in [0.15, 0.2) is 0 Å². The maximum Gasteiger partial charge on any atom is 0.144 e. The molecule has 0 saturated carbocycles. The van der Waals surface area contributed by atoms with E-state index in [1.165, 1.54) is 38.5 Å². The van der Waals surface area contributed by atoms with Gasteiger partial charge in [0.25, 0.3) is 0 Å². The number of para-hydroxylation sites is 4. The van der Waals surface area contributed by atoms with E-state index < -0.39 is 0 Å². The minimum absolute atomic E-state index is 0.0193. The number of aryl methyl sites for hydroxylation is 1. The molecule has 10 aromatic rings. The summed E-state index contributed by atoms with van der Waals surface area (Å²) in [5, 5.41) is 13.1. The molecule has 0 aliphatic rings. The molecule has 1 N–H and O–H groups in total. The lowest BCUT2D eigenvalue weighted by Gasteiger charge is -2.26. The van der Waals surface area contributed by atoms with Gasteiger partial charge in [-0.2, -0.15) is 0 Å². The van der Waals surface area contributed by atoms with Crippen molar-refractivity contribution in [3.05, 3.63) is 181 Å². The number of phenolic OH excluding ortho intramolecular Hbond substituents is 1. The first kappa shape index (κ1) is 38.9. The summed E-state index contributed by atoms with van der Waals surface area (Å²) in [5.74, 6) is 0.931. The second kappa shape index (κ2) is 14.7. The van der Waals surface area contributed by atoms with Crippen molar-refractivity contribution in [2.45, 2.75) is 52.4 Å². The van der Waals surface area contributed by atoms with Crippen LogP contribution in [0.15, 0.2) is 170 Å². The molecule has 0 unspecified atom stereocenters. The second-order valence-corrected chi connectivity index (χ2v) is 18.6. The Bertz CT molecular complexity index is 3320. The van der Waals surface area contributed by atoms with Crippen LogP contribution >= 0.6 is 0 Å². The van der Waals surface area contributed by atoms with Gasteiger partial charge in [0.05, 0.1) is 33.3 Å². The van der Waals surface area contributed by atoms with Crippen LogP contribution in [0, 0.1) is 0 Å². The molecule has 62 heavy (non-hydrogen) atoms. The summed E-state index contributed by atoms with van der Waals surface area (Å²) >= 11 is 0. The number of nitrogens with zero attached hydrogens (tertiary/aromatic N) is 4. The molecule has 0 amide bonds. The molecular formula is C57H50N4O. The molecular weight excluding hydrogens is 757 g/mol. The fourth-order valence-corrected chi connectivity index (χ4v) is 8.96. The first-order valence-corrected chi connectivity index (χ1v) is 21.4. The van der Waals surface area contributed by atoms with Crippen molar-refractivity contribution < 1.29 is 5.11 Å². The van der Waals surface area contributed by atoms with Gasteiger partial charge in [0, 0.05) is 46.4 Å². The fraction of sp³-hybridized carbons (Fsp3) is 0.158. The lowest BCUT2D eigenvalue weighted by molar-refractivity contribution is 0.476. The van der Waals surface area contributed by atoms with E-state index in [0.717, 1.165) is 61.6 Å². The minimum atomic E-state index is 0.0193. The number of imidazole rings is 1. The fourth-order valence-electron chi connectivity index (χ4n) is 8.96. The monoisotopic (exact) mass is 806 g/mol. The van der Waals surface area contributed by atoms with E-state index in [1.807, 2.05) is 36.0 Å². The number of fused-ring (bicyclic) bond motifs is 4. The zero-order valence-electron chi connectivity index (χ0n) is 36.4. The normalized spacial score (nSPS) is 12.2. The summed E-state index contributed by atoms with van der Waals surface area (Å²) in [6.07, 6.45) is 1.93. The van der Waals surface area contributed by atoms with Gasteiger partial charge < -0.3 is 14.2 Å². The summed E-state index contributed by atoms with van der Waals surface area (Å²) in [6.45, 7) is 13.8. The lowest BCUT2D eigenvalue weighted by atomic mass is 9.79. The van der Waals surface area contributed by atoms with Crippen LogP contribution < -0.4 is 0 Å². The minimum Gasteiger partial charge on any atom is -0.507 e. The number of benzene rings is 7. The predicted molar refractivity (Wildman–Crippen MR) is 259 cm³/mol. The Balaban J connectivity index is 1.09. The van der Waals surface area contributed by atoms with Gasteiger partial charge in [-0.25, -0.2) is 4.98 Å². The Labute approximate surface area is 363 Å². The van der Waals surface area contributed by atoms with Crippen LogP contribution in [0.3, 0.4) is 0 Å². The van der Waals surface area contributed by atoms with Crippen molar-refractivity contribution in [1.82, 2.24) is 19.1 Å². The van der Waals surface area contributed by atoms with Crippen LogP contribution in [0.4, 0.5) is 0 Å². The van der Waals surface area contributed by atoms with Gasteiger partial charge in [-0.3, -0.25) is 4.98 Å². The summed E-state index contributed by atoms with van der Waals surface area (Å²) < 4.78 is 4.49. The average Bonchev–Trinajstić information content (AvgIpc) is 3.80. The summed E-state index contributed by atoms with van der Waals surface area (Å²) in [6, 6.07) is 58.1. The van der Waals surface area contributed by atoms with E-state index in [4.69, 9.17) is 9.97 Å². The third kappa shape index (κ3) is 6.75. The Morgan fingerprint density at radius 1 is 0.484 bits per heavy atom. The molecule has 0 spiro atoms. The second-order valence-electron chi connectivity index (χ2n) is 18.6. The van der Waals surface area contributed by atoms with Crippen LogP contribution in [0.25, 0.3) is 94.6 Å². The Kier molecular flexibility index (Phi) is 9.26. The first-order chi connectivity index (χ1) is 29.8. The predicted octanol–water partition coefficient (Wildman–Crippen LogP) is 14.7. The average molecular weight is 807 g/mol. The highest BCUT2D eigenvalue weighted by Crippen LogP contribution is 2.41. The molecule has 0 aliphatic carbocycles. The number of aromatic nitrogens is 4. The molecule has 5 heteroatoms. The number of hydrogen-bond acceptors (Lipinski definition) is 3. The molecule has 0 atom stereocenters. The van der Waals surface area contributed by atoms with Crippen LogP contribution in [-0.2, 0) is 17.9 Å². The SMILES string of the molecule is Cn1c(-c2ccccc2O)nc2c(-c3cccc(-c4cc(-c5cccc6c7ccccc7n(-c7cccc(-c8cc(C(C)(C)C)cc(C(C)(C)C)c8)c7)c56)ccn4)c3)cccc21. The van der Waals surface area contributed by atoms with Crippen molar-refractivity contribution in [2.75, 3.05) is 0 Å². The number of pyridine rings is 1. The van der Waals surface area contributed by atoms with Gasteiger partial charge in [0.2, 0.25) is 0 Å². The van der Waals surface area contributed by atoms with Gasteiger partial charge in [-0.15, -0.1) is 0 Å². The van der Waals surface area contributed by atoms with E-state index >= 15 is 0 Å². The van der Waals surface area contributed by atoms with Crippen molar-refractivity contribution in [1.29, 1.82) is 0 Å². The van der Waals surface area contributed by atoms with Gasteiger partial charge in [-0.05, 0) is 98.8 Å². The zero-order chi connectivity index (χ0) is 42.9. The molecule has 10 rings (SSSR count). The molecule has 5 nitrogen and oxygen atoms in total. The Hall–Kier alpha value is -7.24. The topological polar surface area (TPSA) is 55.9 Å². The highest BCUT2D eigenvalue weighted by atomic mass is 16.3. The van der Waals surface area contributed by atoms with Gasteiger partial charge >= 0.3 is 0 Å². The molecule has 0 saturated heterocycles. The van der Waals surface area contributed by atoms with Crippen molar-refractivity contribution in [3.63, 3.8) is 0 Å². The van der Waals surface area contributed by atoms with E-state index in [2.05, 4.69) is 186 Å². The highest BCUT2D eigenvalue weighted by Gasteiger charge is 2.23. The first-order valence-electron chi connectivity index (χ1n) is 21.4.